The van der Waals surface area contributed by atoms with Gasteiger partial charge in [0.25, 0.3) is 0 Å². The summed E-state index contributed by atoms with van der Waals surface area (Å²) in [6.45, 7) is 1.76. The van der Waals surface area contributed by atoms with E-state index >= 15 is 0 Å². The molecule has 1 aliphatic rings. The minimum absolute atomic E-state index is 0.290. The highest BCUT2D eigenvalue weighted by atomic mass is 19.1. The number of nitrogens with one attached hydrogen (secondary N) is 1. The molecule has 1 saturated heterocycles. The van der Waals surface area contributed by atoms with Gasteiger partial charge in [-0.2, -0.15) is 4.80 Å². The summed E-state index contributed by atoms with van der Waals surface area (Å²) in [7, 11) is 0. The molecule has 2 aromatic rings. The quantitative estimate of drug-likeness (QED) is 0.886. The first-order valence-electron chi connectivity index (χ1n) is 6.08. The van der Waals surface area contributed by atoms with E-state index < -0.39 is 0 Å². The molecule has 1 aromatic heterocycles. The second kappa shape index (κ2) is 4.81. The van der Waals surface area contributed by atoms with Crippen molar-refractivity contribution in [2.24, 2.45) is 0 Å². The molecule has 1 N–H and O–H groups in total. The molecule has 3 rings (SSSR count). The largest absolute Gasteiger partial charge is 0.312 e. The van der Waals surface area contributed by atoms with Gasteiger partial charge in [-0.1, -0.05) is 12.1 Å². The number of hydrogen-bond acceptors (Lipinski definition) is 4. The van der Waals surface area contributed by atoms with Crippen LogP contribution in [0.4, 0.5) is 4.39 Å². The molecule has 5 nitrogen and oxygen atoms in total. The van der Waals surface area contributed by atoms with Crippen molar-refractivity contribution >= 4 is 0 Å². The summed E-state index contributed by atoms with van der Waals surface area (Å²) in [6.07, 6.45) is 2.33. The molecule has 0 unspecified atom stereocenters. The fraction of sp³-hybridized carbons (Fsp3) is 0.417. The van der Waals surface area contributed by atoms with Gasteiger partial charge in [0.2, 0.25) is 5.82 Å². The van der Waals surface area contributed by atoms with Crippen LogP contribution in [0.25, 0.3) is 11.4 Å². The maximum absolute atomic E-state index is 13.1. The van der Waals surface area contributed by atoms with Gasteiger partial charge in [0, 0.05) is 11.6 Å². The van der Waals surface area contributed by atoms with Crippen molar-refractivity contribution in [2.75, 3.05) is 6.54 Å². The maximum atomic E-state index is 13.1. The highest BCUT2D eigenvalue weighted by Gasteiger charge is 2.16. The van der Waals surface area contributed by atoms with Crippen LogP contribution in [0.15, 0.2) is 24.3 Å². The van der Waals surface area contributed by atoms with Crippen LogP contribution in [0.5, 0.6) is 0 Å². The van der Waals surface area contributed by atoms with Gasteiger partial charge in [-0.25, -0.2) is 4.39 Å². The van der Waals surface area contributed by atoms with Crippen LogP contribution in [0.2, 0.25) is 0 Å². The van der Waals surface area contributed by atoms with E-state index in [2.05, 4.69) is 20.7 Å². The fourth-order valence-corrected chi connectivity index (χ4v) is 2.17. The van der Waals surface area contributed by atoms with E-state index in [4.69, 9.17) is 0 Å². The van der Waals surface area contributed by atoms with E-state index in [1.165, 1.54) is 18.6 Å². The third-order valence-corrected chi connectivity index (χ3v) is 3.08. The molecule has 94 valence electrons. The Morgan fingerprint density at radius 2 is 2.39 bits per heavy atom. The summed E-state index contributed by atoms with van der Waals surface area (Å²) in [5.74, 6) is 0.175. The van der Waals surface area contributed by atoms with E-state index in [1.54, 1.807) is 16.9 Å². The number of benzene rings is 1. The molecule has 6 heteroatoms. The van der Waals surface area contributed by atoms with Crippen LogP contribution in [-0.4, -0.2) is 32.8 Å². The molecule has 0 amide bonds. The average molecular weight is 247 g/mol. The van der Waals surface area contributed by atoms with Gasteiger partial charge in [0.15, 0.2) is 0 Å². The summed E-state index contributed by atoms with van der Waals surface area (Å²) < 4.78 is 13.1. The molecule has 18 heavy (non-hydrogen) atoms. The van der Waals surface area contributed by atoms with Gasteiger partial charge >= 0.3 is 0 Å². The smallest absolute Gasteiger partial charge is 0.205 e. The van der Waals surface area contributed by atoms with E-state index in [-0.39, 0.29) is 5.82 Å². The van der Waals surface area contributed by atoms with Crippen molar-refractivity contribution in [2.45, 2.75) is 25.4 Å². The van der Waals surface area contributed by atoms with Crippen molar-refractivity contribution in [3.05, 3.63) is 30.1 Å². The number of nitrogens with zero attached hydrogens (tertiary/aromatic N) is 4. The molecular formula is C12H14FN5. The second-order valence-corrected chi connectivity index (χ2v) is 4.47. The standard InChI is InChI=1S/C12H14FN5/c13-10-4-1-3-9(7-10)12-15-17-18(16-12)8-11-5-2-6-14-11/h1,3-4,7,11,14H,2,5-6,8H2/t11-/m1/s1. The summed E-state index contributed by atoms with van der Waals surface area (Å²) in [5, 5.41) is 15.6. The first-order valence-corrected chi connectivity index (χ1v) is 6.08. The molecule has 0 aliphatic carbocycles. The highest BCUT2D eigenvalue weighted by molar-refractivity contribution is 5.53. The average Bonchev–Trinajstić information content (AvgIpc) is 3.01. The lowest BCUT2D eigenvalue weighted by Gasteiger charge is -2.07. The van der Waals surface area contributed by atoms with Crippen LogP contribution >= 0.6 is 0 Å². The molecule has 1 atom stereocenters. The zero-order chi connectivity index (χ0) is 12.4. The Labute approximate surface area is 104 Å². The summed E-state index contributed by atoms with van der Waals surface area (Å²) >= 11 is 0. The van der Waals surface area contributed by atoms with Gasteiger partial charge in [0.05, 0.1) is 6.54 Å². The normalized spacial score (nSPS) is 19.3. The zero-order valence-corrected chi connectivity index (χ0v) is 9.88. The molecule has 0 bridgehead atoms. The van der Waals surface area contributed by atoms with E-state index in [0.717, 1.165) is 13.0 Å². The van der Waals surface area contributed by atoms with Crippen LogP contribution in [0.1, 0.15) is 12.8 Å². The van der Waals surface area contributed by atoms with Crippen molar-refractivity contribution in [1.29, 1.82) is 0 Å². The zero-order valence-electron chi connectivity index (χ0n) is 9.88. The lowest BCUT2D eigenvalue weighted by molar-refractivity contribution is 0.429. The summed E-state index contributed by atoms with van der Waals surface area (Å²) in [6, 6.07) is 6.65. The number of halogens is 1. The van der Waals surface area contributed by atoms with Gasteiger partial charge in [0.1, 0.15) is 5.82 Å². The summed E-state index contributed by atoms with van der Waals surface area (Å²) in [5.41, 5.74) is 0.653. The topological polar surface area (TPSA) is 55.6 Å². The Morgan fingerprint density at radius 3 is 3.17 bits per heavy atom. The first-order chi connectivity index (χ1) is 8.81. The van der Waals surface area contributed by atoms with Crippen LogP contribution in [-0.2, 0) is 6.54 Å². The Morgan fingerprint density at radius 1 is 1.44 bits per heavy atom. The Kier molecular flexibility index (Phi) is 3.02. The highest BCUT2D eigenvalue weighted by Crippen LogP contribution is 2.14. The first kappa shape index (κ1) is 11.3. The van der Waals surface area contributed by atoms with Crippen molar-refractivity contribution in [3.63, 3.8) is 0 Å². The van der Waals surface area contributed by atoms with Crippen LogP contribution in [0, 0.1) is 5.82 Å². The van der Waals surface area contributed by atoms with E-state index in [1.807, 2.05) is 0 Å². The maximum Gasteiger partial charge on any atom is 0.205 e. The molecule has 0 spiro atoms. The minimum Gasteiger partial charge on any atom is -0.312 e. The number of aromatic nitrogens is 4. The van der Waals surface area contributed by atoms with Crippen molar-refractivity contribution in [1.82, 2.24) is 25.5 Å². The third-order valence-electron chi connectivity index (χ3n) is 3.08. The molecule has 0 saturated carbocycles. The SMILES string of the molecule is Fc1cccc(-c2nnn(C[C@H]3CCCN3)n2)c1. The molecule has 1 fully saturated rings. The minimum atomic E-state index is -0.290. The Hall–Kier alpha value is -1.82. The van der Waals surface area contributed by atoms with E-state index in [9.17, 15) is 4.39 Å². The predicted molar refractivity (Wildman–Crippen MR) is 64.2 cm³/mol. The van der Waals surface area contributed by atoms with Gasteiger partial charge in [-0.15, -0.1) is 10.2 Å². The van der Waals surface area contributed by atoms with E-state index in [0.29, 0.717) is 24.0 Å². The van der Waals surface area contributed by atoms with Crippen molar-refractivity contribution < 1.29 is 4.39 Å². The van der Waals surface area contributed by atoms with Gasteiger partial charge in [-0.05, 0) is 36.7 Å². The molecule has 1 aromatic carbocycles. The molecule has 0 radical (unpaired) electrons. The third kappa shape index (κ3) is 2.38. The molecule has 2 heterocycles. The number of rotatable bonds is 3. The molecular weight excluding hydrogens is 233 g/mol. The van der Waals surface area contributed by atoms with Gasteiger partial charge in [-0.3, -0.25) is 0 Å². The molecule has 1 aliphatic heterocycles. The lowest BCUT2D eigenvalue weighted by atomic mass is 10.2. The fourth-order valence-electron chi connectivity index (χ4n) is 2.17. The van der Waals surface area contributed by atoms with Gasteiger partial charge < -0.3 is 5.32 Å². The number of hydrogen-bond donors (Lipinski definition) is 1. The van der Waals surface area contributed by atoms with Crippen LogP contribution < -0.4 is 5.32 Å². The predicted octanol–water partition coefficient (Wildman–Crippen LogP) is 1.23. The van der Waals surface area contributed by atoms with Crippen LogP contribution in [0.3, 0.4) is 0 Å². The lowest BCUT2D eigenvalue weighted by Crippen LogP contribution is -2.27. The number of tetrazole rings is 1. The Bertz CT molecular complexity index is 533. The van der Waals surface area contributed by atoms with Crippen molar-refractivity contribution in [3.8, 4) is 11.4 Å². The Balaban J connectivity index is 1.76. The second-order valence-electron chi connectivity index (χ2n) is 4.47. The monoisotopic (exact) mass is 247 g/mol. The summed E-state index contributed by atoms with van der Waals surface area (Å²) in [4.78, 5) is 1.57.